The molecule has 3 aromatic rings. The predicted octanol–water partition coefficient (Wildman–Crippen LogP) is 4.72. The molecule has 0 N–H and O–H groups in total. The summed E-state index contributed by atoms with van der Waals surface area (Å²) in [5.74, 6) is -0.134. The average Bonchev–Trinajstić information content (AvgIpc) is 2.69. The molecular formula is C24H25NO4S. The normalized spacial score (nSPS) is 11.2. The van der Waals surface area contributed by atoms with E-state index in [1.807, 2.05) is 45.0 Å². The first-order chi connectivity index (χ1) is 14.2. The first-order valence-electron chi connectivity index (χ1n) is 9.60. The van der Waals surface area contributed by atoms with Gasteiger partial charge in [-0.05, 0) is 80.3 Å². The Morgan fingerprint density at radius 3 is 2.10 bits per heavy atom. The lowest BCUT2D eigenvalue weighted by Crippen LogP contribution is -2.40. The number of amides is 1. The van der Waals surface area contributed by atoms with Crippen LogP contribution in [0.15, 0.2) is 71.6 Å². The van der Waals surface area contributed by atoms with Gasteiger partial charge in [0.05, 0.1) is 10.6 Å². The third-order valence-corrected chi connectivity index (χ3v) is 6.40. The number of rotatable bonds is 6. The van der Waals surface area contributed by atoms with Gasteiger partial charge in [-0.1, -0.05) is 36.4 Å². The molecule has 3 aromatic carbocycles. The maximum absolute atomic E-state index is 13.4. The van der Waals surface area contributed by atoms with Gasteiger partial charge >= 0.3 is 0 Å². The van der Waals surface area contributed by atoms with Crippen molar-refractivity contribution in [2.45, 2.75) is 32.6 Å². The molecule has 0 radical (unpaired) electrons. The second-order valence-corrected chi connectivity index (χ2v) is 9.16. The van der Waals surface area contributed by atoms with Gasteiger partial charge in [-0.25, -0.2) is 8.42 Å². The predicted molar refractivity (Wildman–Crippen MR) is 118 cm³/mol. The summed E-state index contributed by atoms with van der Waals surface area (Å²) in [6.07, 6.45) is 0. The van der Waals surface area contributed by atoms with Crippen molar-refractivity contribution >= 4 is 21.6 Å². The largest absolute Gasteiger partial charge is 0.484 e. The topological polar surface area (TPSA) is 63.7 Å². The Balaban J connectivity index is 2.01. The first kappa shape index (κ1) is 21.6. The van der Waals surface area contributed by atoms with E-state index < -0.39 is 22.5 Å². The minimum Gasteiger partial charge on any atom is -0.484 e. The lowest BCUT2D eigenvalue weighted by Gasteiger charge is -2.24. The molecule has 0 saturated heterocycles. The monoisotopic (exact) mass is 423 g/mol. The van der Waals surface area contributed by atoms with E-state index in [0.29, 0.717) is 17.0 Å². The van der Waals surface area contributed by atoms with Crippen molar-refractivity contribution in [3.8, 4) is 5.75 Å². The van der Waals surface area contributed by atoms with E-state index in [1.54, 1.807) is 37.3 Å². The number of sulfonamides is 1. The highest BCUT2D eigenvalue weighted by Crippen LogP contribution is 2.28. The number of benzene rings is 3. The Bertz CT molecular complexity index is 1150. The molecule has 1 amide bonds. The van der Waals surface area contributed by atoms with Crippen LogP contribution in [0, 0.1) is 27.7 Å². The second-order valence-electron chi connectivity index (χ2n) is 7.38. The van der Waals surface area contributed by atoms with Gasteiger partial charge in [0.2, 0.25) is 0 Å². The fourth-order valence-electron chi connectivity index (χ4n) is 3.25. The summed E-state index contributed by atoms with van der Waals surface area (Å²) in [4.78, 5) is 13.2. The Hall–Kier alpha value is -3.12. The maximum Gasteiger partial charge on any atom is 0.278 e. The number of hydrogen-bond donors (Lipinski definition) is 0. The molecule has 0 saturated carbocycles. The van der Waals surface area contributed by atoms with Gasteiger partial charge in [0.15, 0.2) is 6.61 Å². The molecule has 0 heterocycles. The smallest absolute Gasteiger partial charge is 0.278 e. The lowest BCUT2D eigenvalue weighted by atomic mass is 10.1. The number of anilines is 1. The lowest BCUT2D eigenvalue weighted by molar-refractivity contribution is -0.119. The third-order valence-electron chi connectivity index (χ3n) is 4.65. The maximum atomic E-state index is 13.4. The van der Waals surface area contributed by atoms with Crippen molar-refractivity contribution in [3.63, 3.8) is 0 Å². The minimum absolute atomic E-state index is 0.0469. The molecule has 0 aromatic heterocycles. The summed E-state index contributed by atoms with van der Waals surface area (Å²) in [5.41, 5.74) is 3.86. The molecule has 3 rings (SSSR count). The highest BCUT2D eigenvalue weighted by molar-refractivity contribution is 7.93. The zero-order valence-corrected chi connectivity index (χ0v) is 18.4. The van der Waals surface area contributed by atoms with Crippen molar-refractivity contribution in [3.05, 3.63) is 89.0 Å². The van der Waals surface area contributed by atoms with E-state index in [4.69, 9.17) is 4.74 Å². The van der Waals surface area contributed by atoms with Gasteiger partial charge in [-0.3, -0.25) is 4.79 Å². The van der Waals surface area contributed by atoms with Crippen LogP contribution in [0.5, 0.6) is 5.75 Å². The summed E-state index contributed by atoms with van der Waals surface area (Å²) < 4.78 is 33.3. The summed E-state index contributed by atoms with van der Waals surface area (Å²) in [5, 5.41) is 0. The van der Waals surface area contributed by atoms with Crippen molar-refractivity contribution in [2.24, 2.45) is 0 Å². The fraction of sp³-hybridized carbons (Fsp3) is 0.208. The zero-order chi connectivity index (χ0) is 21.9. The van der Waals surface area contributed by atoms with Crippen molar-refractivity contribution in [2.75, 3.05) is 10.9 Å². The number of nitrogens with zero attached hydrogens (tertiary/aromatic N) is 1. The van der Waals surface area contributed by atoms with E-state index in [-0.39, 0.29) is 4.90 Å². The van der Waals surface area contributed by atoms with Gasteiger partial charge in [0, 0.05) is 0 Å². The van der Waals surface area contributed by atoms with E-state index >= 15 is 0 Å². The quantitative estimate of drug-likeness (QED) is 0.575. The van der Waals surface area contributed by atoms with Crippen LogP contribution in [-0.2, 0) is 14.8 Å². The van der Waals surface area contributed by atoms with Crippen LogP contribution in [0.2, 0.25) is 0 Å². The van der Waals surface area contributed by atoms with Crippen LogP contribution < -0.4 is 9.04 Å². The molecule has 0 atom stereocenters. The Labute approximate surface area is 178 Å². The SMILES string of the molecule is Cc1cc(C)cc(OCC(=O)N(c2cc(C)ccc2C)S(=O)(=O)c2ccccc2)c1. The molecule has 0 unspecified atom stereocenters. The third kappa shape index (κ3) is 4.71. The summed E-state index contributed by atoms with van der Waals surface area (Å²) >= 11 is 0. The van der Waals surface area contributed by atoms with Gasteiger partial charge in [-0.2, -0.15) is 4.31 Å². The Morgan fingerprint density at radius 1 is 0.833 bits per heavy atom. The first-order valence-corrected chi connectivity index (χ1v) is 11.0. The second kappa shape index (κ2) is 8.71. The van der Waals surface area contributed by atoms with Crippen LogP contribution in [0.4, 0.5) is 5.69 Å². The highest BCUT2D eigenvalue weighted by Gasteiger charge is 2.32. The number of carbonyl (C=O) groups is 1. The van der Waals surface area contributed by atoms with Crippen LogP contribution >= 0.6 is 0 Å². The van der Waals surface area contributed by atoms with Gasteiger partial charge in [0.25, 0.3) is 15.9 Å². The van der Waals surface area contributed by atoms with E-state index in [2.05, 4.69) is 0 Å². The molecule has 0 aliphatic rings. The molecule has 6 heteroatoms. The highest BCUT2D eigenvalue weighted by atomic mass is 32.2. The molecule has 0 spiro atoms. The molecular weight excluding hydrogens is 398 g/mol. The van der Waals surface area contributed by atoms with Crippen LogP contribution in [-0.4, -0.2) is 20.9 Å². The number of carbonyl (C=O) groups excluding carboxylic acids is 1. The summed E-state index contributed by atoms with van der Waals surface area (Å²) in [6, 6.07) is 18.9. The molecule has 0 aliphatic carbocycles. The van der Waals surface area contributed by atoms with Gasteiger partial charge in [0.1, 0.15) is 5.75 Å². The molecule has 156 valence electrons. The van der Waals surface area contributed by atoms with Crippen LogP contribution in [0.3, 0.4) is 0 Å². The molecule has 0 fully saturated rings. The Kier molecular flexibility index (Phi) is 6.27. The van der Waals surface area contributed by atoms with E-state index in [1.165, 1.54) is 12.1 Å². The average molecular weight is 424 g/mol. The standard InChI is InChI=1S/C24H25NO4S/c1-17-10-11-20(4)23(15-17)25(30(27,28)22-8-6-5-7-9-22)24(26)16-29-21-13-18(2)12-19(3)14-21/h5-15H,16H2,1-4H3. The number of hydrogen-bond acceptors (Lipinski definition) is 4. The molecule has 5 nitrogen and oxygen atoms in total. The van der Waals surface area contributed by atoms with Crippen LogP contribution in [0.25, 0.3) is 0 Å². The fourth-order valence-corrected chi connectivity index (χ4v) is 4.74. The van der Waals surface area contributed by atoms with Gasteiger partial charge < -0.3 is 4.74 Å². The molecule has 0 aliphatic heterocycles. The minimum atomic E-state index is -4.11. The van der Waals surface area contributed by atoms with E-state index in [9.17, 15) is 13.2 Å². The number of aryl methyl sites for hydroxylation is 4. The van der Waals surface area contributed by atoms with Crippen molar-refractivity contribution in [1.29, 1.82) is 0 Å². The summed E-state index contributed by atoms with van der Waals surface area (Å²) in [7, 11) is -4.11. The van der Waals surface area contributed by atoms with Gasteiger partial charge in [-0.15, -0.1) is 0 Å². The van der Waals surface area contributed by atoms with E-state index in [0.717, 1.165) is 21.0 Å². The zero-order valence-electron chi connectivity index (χ0n) is 17.5. The van der Waals surface area contributed by atoms with Crippen molar-refractivity contribution in [1.82, 2.24) is 0 Å². The molecule has 0 bridgehead atoms. The Morgan fingerprint density at radius 2 is 1.47 bits per heavy atom. The molecule has 30 heavy (non-hydrogen) atoms. The number of ether oxygens (including phenoxy) is 1. The summed E-state index contributed by atoms with van der Waals surface area (Å²) in [6.45, 7) is 7.10. The van der Waals surface area contributed by atoms with Crippen LogP contribution in [0.1, 0.15) is 22.3 Å². The van der Waals surface area contributed by atoms with Crippen molar-refractivity contribution < 1.29 is 17.9 Å².